The van der Waals surface area contributed by atoms with Crippen molar-refractivity contribution < 1.29 is 14.6 Å². The molecule has 1 aliphatic heterocycles. The second kappa shape index (κ2) is 7.25. The highest BCUT2D eigenvalue weighted by molar-refractivity contribution is 5.79. The number of benzene rings is 1. The van der Waals surface area contributed by atoms with Gasteiger partial charge in [-0.2, -0.15) is 0 Å². The smallest absolute Gasteiger partial charge is 0.225 e. The number of hydrogen-bond donors (Lipinski definition) is 1. The van der Waals surface area contributed by atoms with Gasteiger partial charge in [0.15, 0.2) is 0 Å². The molecule has 1 aliphatic carbocycles. The standard InChI is InChI=1S/C18H25NO3/c20-15-12-18(21)19(13-15)16-8-4-5-9-17(16)22-11-10-14-6-2-1-3-7-14/h1-3,6-7,15-17,20H,4-5,8-13H2/t15-,16+,17-/m0/s1. The molecule has 1 amide bonds. The van der Waals surface area contributed by atoms with E-state index >= 15 is 0 Å². The Morgan fingerprint density at radius 2 is 1.95 bits per heavy atom. The summed E-state index contributed by atoms with van der Waals surface area (Å²) < 4.78 is 6.12. The van der Waals surface area contributed by atoms with E-state index in [9.17, 15) is 9.90 Å². The molecule has 120 valence electrons. The molecule has 1 aromatic rings. The predicted molar refractivity (Wildman–Crippen MR) is 84.5 cm³/mol. The lowest BCUT2D eigenvalue weighted by Crippen LogP contribution is -2.47. The largest absolute Gasteiger partial charge is 0.391 e. The molecule has 2 fully saturated rings. The molecule has 22 heavy (non-hydrogen) atoms. The van der Waals surface area contributed by atoms with Gasteiger partial charge in [-0.15, -0.1) is 0 Å². The molecule has 1 saturated carbocycles. The highest BCUT2D eigenvalue weighted by Crippen LogP contribution is 2.29. The summed E-state index contributed by atoms with van der Waals surface area (Å²) in [7, 11) is 0. The topological polar surface area (TPSA) is 49.8 Å². The third-order valence-electron chi connectivity index (χ3n) is 4.77. The maximum Gasteiger partial charge on any atom is 0.225 e. The fraction of sp³-hybridized carbons (Fsp3) is 0.611. The molecule has 1 N–H and O–H groups in total. The Hall–Kier alpha value is -1.39. The number of ether oxygens (including phenoxy) is 1. The van der Waals surface area contributed by atoms with Crippen molar-refractivity contribution in [2.45, 2.75) is 56.8 Å². The summed E-state index contributed by atoms with van der Waals surface area (Å²) in [6.07, 6.45) is 5.10. The minimum Gasteiger partial charge on any atom is -0.391 e. The molecular formula is C18H25NO3. The molecule has 0 aromatic heterocycles. The van der Waals surface area contributed by atoms with Crippen LogP contribution in [0.2, 0.25) is 0 Å². The van der Waals surface area contributed by atoms with Crippen LogP contribution in [0.3, 0.4) is 0 Å². The Morgan fingerprint density at radius 3 is 2.68 bits per heavy atom. The van der Waals surface area contributed by atoms with Gasteiger partial charge in [-0.3, -0.25) is 4.79 Å². The number of nitrogens with zero attached hydrogens (tertiary/aromatic N) is 1. The van der Waals surface area contributed by atoms with Crippen LogP contribution in [0.1, 0.15) is 37.7 Å². The van der Waals surface area contributed by atoms with Crippen molar-refractivity contribution in [3.8, 4) is 0 Å². The minimum absolute atomic E-state index is 0.0797. The normalized spacial score (nSPS) is 29.0. The Labute approximate surface area is 132 Å². The second-order valence-electron chi connectivity index (χ2n) is 6.40. The highest BCUT2D eigenvalue weighted by atomic mass is 16.5. The average molecular weight is 303 g/mol. The van der Waals surface area contributed by atoms with Gasteiger partial charge in [-0.05, 0) is 24.8 Å². The Bertz CT molecular complexity index is 490. The van der Waals surface area contributed by atoms with Crippen molar-refractivity contribution in [1.82, 2.24) is 4.90 Å². The molecule has 4 heteroatoms. The van der Waals surface area contributed by atoms with E-state index in [1.807, 2.05) is 23.1 Å². The summed E-state index contributed by atoms with van der Waals surface area (Å²) >= 11 is 0. The number of carbonyl (C=O) groups excluding carboxylic acids is 1. The van der Waals surface area contributed by atoms with Crippen LogP contribution >= 0.6 is 0 Å². The summed E-state index contributed by atoms with van der Waals surface area (Å²) in [6, 6.07) is 10.5. The lowest BCUT2D eigenvalue weighted by atomic mass is 9.91. The van der Waals surface area contributed by atoms with Gasteiger partial charge in [0.2, 0.25) is 5.91 Å². The van der Waals surface area contributed by atoms with E-state index in [1.165, 1.54) is 5.56 Å². The summed E-state index contributed by atoms with van der Waals surface area (Å²) in [6.45, 7) is 1.16. The third kappa shape index (κ3) is 3.68. The van der Waals surface area contributed by atoms with E-state index in [1.54, 1.807) is 0 Å². The van der Waals surface area contributed by atoms with E-state index in [4.69, 9.17) is 4.74 Å². The number of rotatable bonds is 5. The van der Waals surface area contributed by atoms with Crippen LogP contribution in [0.15, 0.2) is 30.3 Å². The SMILES string of the molecule is O=C1C[C@H](O)CN1[C@@H]1CCCC[C@@H]1OCCc1ccccc1. The molecule has 1 aromatic carbocycles. The number of aliphatic hydroxyl groups excluding tert-OH is 1. The number of β-amino-alcohol motifs (C(OH)–C–C–N with tert-alkyl or cyclic N) is 1. The van der Waals surface area contributed by atoms with Crippen molar-refractivity contribution in [3.63, 3.8) is 0 Å². The lowest BCUT2D eigenvalue weighted by Gasteiger charge is -2.37. The number of likely N-dealkylation sites (tertiary alicyclic amines) is 1. The fourth-order valence-electron chi connectivity index (χ4n) is 3.63. The second-order valence-corrected chi connectivity index (χ2v) is 6.40. The van der Waals surface area contributed by atoms with Gasteiger partial charge in [-0.25, -0.2) is 0 Å². The van der Waals surface area contributed by atoms with Gasteiger partial charge in [0.1, 0.15) is 0 Å². The molecule has 2 aliphatic rings. The van der Waals surface area contributed by atoms with Crippen LogP contribution in [0, 0.1) is 0 Å². The first kappa shape index (κ1) is 15.5. The Kier molecular flexibility index (Phi) is 5.11. The van der Waals surface area contributed by atoms with E-state index in [2.05, 4.69) is 12.1 Å². The Morgan fingerprint density at radius 1 is 1.18 bits per heavy atom. The number of hydrogen-bond acceptors (Lipinski definition) is 3. The summed E-state index contributed by atoms with van der Waals surface area (Å²) in [4.78, 5) is 13.9. The van der Waals surface area contributed by atoms with E-state index in [0.717, 1.165) is 32.1 Å². The van der Waals surface area contributed by atoms with Crippen molar-refractivity contribution in [2.24, 2.45) is 0 Å². The van der Waals surface area contributed by atoms with Crippen molar-refractivity contribution in [3.05, 3.63) is 35.9 Å². The van der Waals surface area contributed by atoms with Crippen LogP contribution in [0.4, 0.5) is 0 Å². The molecule has 0 spiro atoms. The summed E-state index contributed by atoms with van der Waals surface area (Å²) in [5.74, 6) is 0.0797. The molecule has 1 saturated heterocycles. The van der Waals surface area contributed by atoms with Crippen molar-refractivity contribution in [1.29, 1.82) is 0 Å². The van der Waals surface area contributed by atoms with Crippen molar-refractivity contribution in [2.75, 3.05) is 13.2 Å². The van der Waals surface area contributed by atoms with Gasteiger partial charge in [0.05, 0.1) is 31.3 Å². The number of aliphatic hydroxyl groups is 1. The quantitative estimate of drug-likeness (QED) is 0.907. The maximum atomic E-state index is 12.0. The zero-order chi connectivity index (χ0) is 15.4. The van der Waals surface area contributed by atoms with E-state index in [0.29, 0.717) is 13.2 Å². The molecule has 4 nitrogen and oxygen atoms in total. The summed E-state index contributed by atoms with van der Waals surface area (Å²) in [5, 5.41) is 9.71. The molecular weight excluding hydrogens is 278 g/mol. The zero-order valence-electron chi connectivity index (χ0n) is 13.0. The first-order valence-corrected chi connectivity index (χ1v) is 8.37. The Balaban J connectivity index is 1.55. The molecule has 3 atom stereocenters. The van der Waals surface area contributed by atoms with Crippen LogP contribution in [0.5, 0.6) is 0 Å². The predicted octanol–water partition coefficient (Wildman–Crippen LogP) is 2.15. The summed E-state index contributed by atoms with van der Waals surface area (Å²) in [5.41, 5.74) is 1.28. The molecule has 3 rings (SSSR count). The molecule has 0 bridgehead atoms. The fourth-order valence-corrected chi connectivity index (χ4v) is 3.63. The number of amides is 1. The van der Waals surface area contributed by atoms with Gasteiger partial charge in [-0.1, -0.05) is 43.2 Å². The van der Waals surface area contributed by atoms with Crippen LogP contribution < -0.4 is 0 Å². The maximum absolute atomic E-state index is 12.0. The van der Waals surface area contributed by atoms with E-state index < -0.39 is 6.10 Å². The molecule has 0 unspecified atom stereocenters. The first-order valence-electron chi connectivity index (χ1n) is 8.37. The average Bonchev–Trinajstić information content (AvgIpc) is 2.87. The molecule has 1 heterocycles. The van der Waals surface area contributed by atoms with Gasteiger partial charge in [0, 0.05) is 6.54 Å². The number of carbonyl (C=O) groups is 1. The lowest BCUT2D eigenvalue weighted by molar-refractivity contribution is -0.134. The van der Waals surface area contributed by atoms with Gasteiger partial charge >= 0.3 is 0 Å². The molecule has 0 radical (unpaired) electrons. The minimum atomic E-state index is -0.501. The van der Waals surface area contributed by atoms with Gasteiger partial charge < -0.3 is 14.7 Å². The van der Waals surface area contributed by atoms with Crippen LogP contribution in [-0.4, -0.2) is 47.3 Å². The van der Waals surface area contributed by atoms with Crippen LogP contribution in [0.25, 0.3) is 0 Å². The van der Waals surface area contributed by atoms with Crippen molar-refractivity contribution >= 4 is 5.91 Å². The van der Waals surface area contributed by atoms with E-state index in [-0.39, 0.29) is 24.5 Å². The monoisotopic (exact) mass is 303 g/mol. The highest BCUT2D eigenvalue weighted by Gasteiger charge is 2.38. The first-order chi connectivity index (χ1) is 10.7. The third-order valence-corrected chi connectivity index (χ3v) is 4.77. The van der Waals surface area contributed by atoms with Crippen LogP contribution in [-0.2, 0) is 16.0 Å². The van der Waals surface area contributed by atoms with Gasteiger partial charge in [0.25, 0.3) is 0 Å². The zero-order valence-corrected chi connectivity index (χ0v) is 13.0.